The van der Waals surface area contributed by atoms with Crippen LogP contribution in [0.25, 0.3) is 0 Å². The Morgan fingerprint density at radius 3 is 2.60 bits per heavy atom. The second-order valence-electron chi connectivity index (χ2n) is 5.57. The maximum atomic E-state index is 9.72. The normalized spacial score (nSPS) is 13.2. The third-order valence-electron chi connectivity index (χ3n) is 2.37. The van der Waals surface area contributed by atoms with Crippen LogP contribution in [0.4, 0.5) is 5.69 Å². The van der Waals surface area contributed by atoms with Crippen molar-refractivity contribution < 1.29 is 19.3 Å². The van der Waals surface area contributed by atoms with Gasteiger partial charge in [0.25, 0.3) is 0 Å². The van der Waals surface area contributed by atoms with Crippen molar-refractivity contribution >= 4 is 5.69 Å². The van der Waals surface area contributed by atoms with Crippen LogP contribution in [-0.2, 0) is 9.47 Å². The summed E-state index contributed by atoms with van der Waals surface area (Å²) in [5.74, 6) is 0.639. The number of aliphatic hydroxyl groups excluding tert-OH is 1. The van der Waals surface area contributed by atoms with Crippen LogP contribution < -0.4 is 10.5 Å². The Morgan fingerprint density at radius 1 is 1.20 bits per heavy atom. The number of aliphatic hydroxyl groups is 1. The van der Waals surface area contributed by atoms with E-state index in [9.17, 15) is 5.11 Å². The molecule has 0 aromatic heterocycles. The lowest BCUT2D eigenvalue weighted by Crippen LogP contribution is -2.26. The lowest BCUT2D eigenvalue weighted by molar-refractivity contribution is -0.0517. The van der Waals surface area contributed by atoms with Crippen molar-refractivity contribution in [3.8, 4) is 5.75 Å². The first kappa shape index (κ1) is 16.8. The van der Waals surface area contributed by atoms with Gasteiger partial charge in [0.1, 0.15) is 18.5 Å². The van der Waals surface area contributed by atoms with Gasteiger partial charge in [-0.05, 0) is 32.9 Å². The third-order valence-corrected chi connectivity index (χ3v) is 2.37. The van der Waals surface area contributed by atoms with Gasteiger partial charge in [0.05, 0.1) is 25.4 Å². The Kier molecular flexibility index (Phi) is 6.78. The molecule has 0 saturated carbocycles. The molecular formula is C15H25NO4. The molecule has 1 rings (SSSR count). The van der Waals surface area contributed by atoms with E-state index in [0.717, 1.165) is 0 Å². The van der Waals surface area contributed by atoms with E-state index in [0.29, 0.717) is 24.7 Å². The van der Waals surface area contributed by atoms with E-state index in [1.807, 2.05) is 20.8 Å². The molecule has 0 heterocycles. The molecule has 0 spiro atoms. The lowest BCUT2D eigenvalue weighted by Gasteiger charge is -2.19. The Morgan fingerprint density at radius 2 is 1.95 bits per heavy atom. The van der Waals surface area contributed by atoms with Gasteiger partial charge in [-0.15, -0.1) is 0 Å². The standard InChI is InChI=1S/C15H25NO4/c1-15(2,3)20-8-7-18-10-13(17)11-19-14-6-4-5-12(16)9-14/h4-6,9,13,17H,7-8,10-11,16H2,1-3H3. The fraction of sp³-hybridized carbons (Fsp3) is 0.600. The summed E-state index contributed by atoms with van der Waals surface area (Å²) in [5, 5.41) is 9.72. The van der Waals surface area contributed by atoms with E-state index in [1.165, 1.54) is 0 Å². The predicted molar refractivity (Wildman–Crippen MR) is 78.9 cm³/mol. The maximum Gasteiger partial charge on any atom is 0.121 e. The molecule has 114 valence electrons. The summed E-state index contributed by atoms with van der Waals surface area (Å²) in [7, 11) is 0. The summed E-state index contributed by atoms with van der Waals surface area (Å²) in [6.45, 7) is 7.31. The topological polar surface area (TPSA) is 73.9 Å². The van der Waals surface area contributed by atoms with E-state index in [4.69, 9.17) is 19.9 Å². The highest BCUT2D eigenvalue weighted by molar-refractivity contribution is 5.43. The molecule has 1 aromatic rings. The Labute approximate surface area is 120 Å². The quantitative estimate of drug-likeness (QED) is 0.562. The van der Waals surface area contributed by atoms with Crippen molar-refractivity contribution in [1.82, 2.24) is 0 Å². The first-order valence-corrected chi connectivity index (χ1v) is 6.75. The summed E-state index contributed by atoms with van der Waals surface area (Å²) in [6.07, 6.45) is -0.675. The molecule has 1 unspecified atom stereocenters. The monoisotopic (exact) mass is 283 g/mol. The minimum absolute atomic E-state index is 0.168. The fourth-order valence-corrected chi connectivity index (χ4v) is 1.47. The third kappa shape index (κ3) is 7.99. The average Bonchev–Trinajstić information content (AvgIpc) is 2.35. The Balaban J connectivity index is 2.10. The number of anilines is 1. The van der Waals surface area contributed by atoms with Crippen molar-refractivity contribution in [3.63, 3.8) is 0 Å². The number of ether oxygens (including phenoxy) is 3. The van der Waals surface area contributed by atoms with Gasteiger partial charge in [-0.2, -0.15) is 0 Å². The lowest BCUT2D eigenvalue weighted by atomic mass is 10.2. The van der Waals surface area contributed by atoms with Gasteiger partial charge in [0.15, 0.2) is 0 Å². The van der Waals surface area contributed by atoms with Crippen LogP contribution in [-0.4, -0.2) is 43.2 Å². The number of rotatable bonds is 8. The zero-order chi connectivity index (χ0) is 15.0. The van der Waals surface area contributed by atoms with Crippen LogP contribution >= 0.6 is 0 Å². The Hall–Kier alpha value is -1.30. The maximum absolute atomic E-state index is 9.72. The second-order valence-corrected chi connectivity index (χ2v) is 5.57. The molecular weight excluding hydrogens is 258 g/mol. The summed E-state index contributed by atoms with van der Waals surface area (Å²) in [4.78, 5) is 0. The number of benzene rings is 1. The van der Waals surface area contributed by atoms with Crippen LogP contribution in [0.2, 0.25) is 0 Å². The number of hydrogen-bond donors (Lipinski definition) is 2. The number of nitrogen functional groups attached to an aromatic ring is 1. The summed E-state index contributed by atoms with van der Waals surface area (Å²) in [5.41, 5.74) is 6.10. The molecule has 0 aliphatic heterocycles. The molecule has 1 atom stereocenters. The van der Waals surface area contributed by atoms with E-state index < -0.39 is 6.10 Å². The van der Waals surface area contributed by atoms with Gasteiger partial charge in [0, 0.05) is 11.8 Å². The zero-order valence-electron chi connectivity index (χ0n) is 12.5. The van der Waals surface area contributed by atoms with Gasteiger partial charge >= 0.3 is 0 Å². The average molecular weight is 283 g/mol. The summed E-state index contributed by atoms with van der Waals surface area (Å²) in [6, 6.07) is 7.09. The Bertz CT molecular complexity index is 390. The molecule has 5 nitrogen and oxygen atoms in total. The highest BCUT2D eigenvalue weighted by atomic mass is 16.5. The van der Waals surface area contributed by atoms with Gasteiger partial charge in [-0.3, -0.25) is 0 Å². The highest BCUT2D eigenvalue weighted by Crippen LogP contribution is 2.14. The number of hydrogen-bond acceptors (Lipinski definition) is 5. The molecule has 1 aromatic carbocycles. The van der Waals surface area contributed by atoms with Crippen LogP contribution in [0.3, 0.4) is 0 Å². The molecule has 0 bridgehead atoms. The molecule has 0 radical (unpaired) electrons. The first-order chi connectivity index (χ1) is 9.37. The molecule has 0 aliphatic carbocycles. The molecule has 5 heteroatoms. The molecule has 3 N–H and O–H groups in total. The molecule has 0 fully saturated rings. The summed E-state index contributed by atoms with van der Waals surface area (Å²) >= 11 is 0. The van der Waals surface area contributed by atoms with E-state index in [1.54, 1.807) is 24.3 Å². The van der Waals surface area contributed by atoms with Gasteiger partial charge in [-0.1, -0.05) is 6.07 Å². The van der Waals surface area contributed by atoms with E-state index in [2.05, 4.69) is 0 Å². The van der Waals surface area contributed by atoms with Crippen molar-refractivity contribution in [2.75, 3.05) is 32.2 Å². The van der Waals surface area contributed by atoms with E-state index >= 15 is 0 Å². The highest BCUT2D eigenvalue weighted by Gasteiger charge is 2.10. The minimum Gasteiger partial charge on any atom is -0.491 e. The number of nitrogens with two attached hydrogens (primary N) is 1. The SMILES string of the molecule is CC(C)(C)OCCOCC(O)COc1cccc(N)c1. The van der Waals surface area contributed by atoms with Gasteiger partial charge in [0.2, 0.25) is 0 Å². The van der Waals surface area contributed by atoms with Crippen LogP contribution in [0, 0.1) is 0 Å². The zero-order valence-corrected chi connectivity index (χ0v) is 12.5. The fourth-order valence-electron chi connectivity index (χ4n) is 1.47. The second kappa shape index (κ2) is 8.09. The van der Waals surface area contributed by atoms with E-state index in [-0.39, 0.29) is 18.8 Å². The molecule has 0 amide bonds. The smallest absolute Gasteiger partial charge is 0.121 e. The van der Waals surface area contributed by atoms with Crippen molar-refractivity contribution in [2.24, 2.45) is 0 Å². The largest absolute Gasteiger partial charge is 0.491 e. The van der Waals surface area contributed by atoms with Gasteiger partial charge in [-0.25, -0.2) is 0 Å². The van der Waals surface area contributed by atoms with Gasteiger partial charge < -0.3 is 25.1 Å². The minimum atomic E-state index is -0.675. The first-order valence-electron chi connectivity index (χ1n) is 6.75. The van der Waals surface area contributed by atoms with Crippen molar-refractivity contribution in [2.45, 2.75) is 32.5 Å². The van der Waals surface area contributed by atoms with Crippen molar-refractivity contribution in [3.05, 3.63) is 24.3 Å². The molecule has 0 saturated heterocycles. The van der Waals surface area contributed by atoms with Crippen LogP contribution in [0.1, 0.15) is 20.8 Å². The molecule has 20 heavy (non-hydrogen) atoms. The van der Waals surface area contributed by atoms with Crippen LogP contribution in [0.5, 0.6) is 5.75 Å². The molecule has 0 aliphatic rings. The van der Waals surface area contributed by atoms with Crippen LogP contribution in [0.15, 0.2) is 24.3 Å². The van der Waals surface area contributed by atoms with Crippen molar-refractivity contribution in [1.29, 1.82) is 0 Å². The predicted octanol–water partition coefficient (Wildman–Crippen LogP) is 1.84. The summed E-state index contributed by atoms with van der Waals surface area (Å²) < 4.78 is 16.2.